The Morgan fingerprint density at radius 1 is 1.53 bits per heavy atom. The molecule has 5 heteroatoms. The zero-order valence-electron chi connectivity index (χ0n) is 9.20. The fourth-order valence-electron chi connectivity index (χ4n) is 1.43. The smallest absolute Gasteiger partial charge is 0.209 e. The lowest BCUT2D eigenvalue weighted by Gasteiger charge is -2.01. The van der Waals surface area contributed by atoms with Gasteiger partial charge >= 0.3 is 0 Å². The Kier molecular flexibility index (Phi) is 3.72. The third-order valence-corrected chi connectivity index (χ3v) is 3.18. The highest BCUT2D eigenvalue weighted by atomic mass is 35.5. The number of aryl methyl sites for hydroxylation is 1. The molecule has 1 aromatic carbocycles. The van der Waals surface area contributed by atoms with Gasteiger partial charge in [-0.1, -0.05) is 29.3 Å². The molecule has 0 atom stereocenters. The molecular formula is C12H10ClN3S. The van der Waals surface area contributed by atoms with Gasteiger partial charge in [0, 0.05) is 10.6 Å². The van der Waals surface area contributed by atoms with Gasteiger partial charge in [-0.25, -0.2) is 4.98 Å². The largest absolute Gasteiger partial charge is 0.258 e. The summed E-state index contributed by atoms with van der Waals surface area (Å²) < 4.78 is 0. The van der Waals surface area contributed by atoms with Crippen LogP contribution in [-0.2, 0) is 0 Å². The van der Waals surface area contributed by atoms with Crippen LogP contribution in [0.3, 0.4) is 0 Å². The van der Waals surface area contributed by atoms with Crippen molar-refractivity contribution in [3.8, 4) is 23.7 Å². The van der Waals surface area contributed by atoms with Gasteiger partial charge in [-0.2, -0.15) is 0 Å². The van der Waals surface area contributed by atoms with E-state index in [9.17, 15) is 0 Å². The van der Waals surface area contributed by atoms with Crippen molar-refractivity contribution in [2.45, 2.75) is 12.1 Å². The van der Waals surface area contributed by atoms with Gasteiger partial charge in [0.25, 0.3) is 0 Å². The predicted octanol–water partition coefficient (Wildman–Crippen LogP) is 3.16. The van der Waals surface area contributed by atoms with Gasteiger partial charge in [0.15, 0.2) is 5.82 Å². The molecule has 3 nitrogen and oxygen atoms in total. The second-order valence-electron chi connectivity index (χ2n) is 3.42. The van der Waals surface area contributed by atoms with Crippen LogP contribution in [0.2, 0.25) is 5.02 Å². The van der Waals surface area contributed by atoms with E-state index in [4.69, 9.17) is 18.0 Å². The molecule has 0 amide bonds. The first kappa shape index (κ1) is 12.0. The summed E-state index contributed by atoms with van der Waals surface area (Å²) in [6.45, 7) is 1.98. The van der Waals surface area contributed by atoms with Crippen molar-refractivity contribution in [2.24, 2.45) is 0 Å². The SMILES string of the molecule is C#CCSc1n[nH]c(-c2ccc(Cl)cc2C)n1. The van der Waals surface area contributed by atoms with Gasteiger partial charge in [-0.15, -0.1) is 11.5 Å². The van der Waals surface area contributed by atoms with Crippen molar-refractivity contribution in [2.75, 3.05) is 5.75 Å². The Hall–Kier alpha value is -1.44. The van der Waals surface area contributed by atoms with E-state index in [0.717, 1.165) is 17.0 Å². The summed E-state index contributed by atoms with van der Waals surface area (Å²) >= 11 is 7.33. The Morgan fingerprint density at radius 3 is 3.06 bits per heavy atom. The Bertz CT molecular complexity index is 571. The molecule has 86 valence electrons. The minimum Gasteiger partial charge on any atom is -0.258 e. The lowest BCUT2D eigenvalue weighted by atomic mass is 10.1. The van der Waals surface area contributed by atoms with E-state index in [1.807, 2.05) is 25.1 Å². The number of thioether (sulfide) groups is 1. The highest BCUT2D eigenvalue weighted by Gasteiger charge is 2.08. The fourth-order valence-corrected chi connectivity index (χ4v) is 2.14. The van der Waals surface area contributed by atoms with Gasteiger partial charge < -0.3 is 0 Å². The number of H-pyrrole nitrogens is 1. The summed E-state index contributed by atoms with van der Waals surface area (Å²) in [5.41, 5.74) is 2.05. The molecule has 0 aliphatic heterocycles. The van der Waals surface area contributed by atoms with E-state index in [-0.39, 0.29) is 0 Å². The van der Waals surface area contributed by atoms with Crippen LogP contribution in [-0.4, -0.2) is 20.9 Å². The molecule has 0 aliphatic carbocycles. The summed E-state index contributed by atoms with van der Waals surface area (Å²) in [6, 6.07) is 5.65. The zero-order chi connectivity index (χ0) is 12.3. The van der Waals surface area contributed by atoms with E-state index in [2.05, 4.69) is 21.1 Å². The van der Waals surface area contributed by atoms with Crippen LogP contribution < -0.4 is 0 Å². The summed E-state index contributed by atoms with van der Waals surface area (Å²) in [7, 11) is 0. The number of rotatable bonds is 3. The monoisotopic (exact) mass is 263 g/mol. The lowest BCUT2D eigenvalue weighted by molar-refractivity contribution is 0.975. The number of hydrogen-bond donors (Lipinski definition) is 1. The van der Waals surface area contributed by atoms with Gasteiger partial charge in [-0.05, 0) is 30.7 Å². The van der Waals surface area contributed by atoms with Crippen LogP contribution in [0.5, 0.6) is 0 Å². The Balaban J connectivity index is 2.28. The van der Waals surface area contributed by atoms with E-state index < -0.39 is 0 Å². The maximum Gasteiger partial charge on any atom is 0.209 e. The van der Waals surface area contributed by atoms with Crippen LogP contribution in [0, 0.1) is 19.3 Å². The van der Waals surface area contributed by atoms with E-state index in [1.165, 1.54) is 11.8 Å². The molecule has 0 radical (unpaired) electrons. The zero-order valence-corrected chi connectivity index (χ0v) is 10.8. The van der Waals surface area contributed by atoms with Crippen molar-refractivity contribution in [3.05, 3.63) is 28.8 Å². The number of benzene rings is 1. The molecule has 2 rings (SSSR count). The van der Waals surface area contributed by atoms with Gasteiger partial charge in [0.1, 0.15) is 0 Å². The fraction of sp³-hybridized carbons (Fsp3) is 0.167. The molecule has 0 unspecified atom stereocenters. The van der Waals surface area contributed by atoms with E-state index >= 15 is 0 Å². The van der Waals surface area contributed by atoms with Crippen molar-refractivity contribution in [1.82, 2.24) is 15.2 Å². The average Bonchev–Trinajstić information content (AvgIpc) is 2.75. The minimum absolute atomic E-state index is 0.566. The summed E-state index contributed by atoms with van der Waals surface area (Å²) in [5.74, 6) is 3.84. The molecule has 0 aliphatic rings. The number of hydrogen-bond acceptors (Lipinski definition) is 3. The van der Waals surface area contributed by atoms with Crippen molar-refractivity contribution in [1.29, 1.82) is 0 Å². The number of terminal acetylenes is 1. The molecule has 1 aromatic heterocycles. The first-order chi connectivity index (χ1) is 8.20. The first-order valence-corrected chi connectivity index (χ1v) is 6.32. The van der Waals surface area contributed by atoms with Crippen LogP contribution in [0.15, 0.2) is 23.4 Å². The summed E-state index contributed by atoms with van der Waals surface area (Å²) in [6.07, 6.45) is 5.18. The van der Waals surface area contributed by atoms with Crippen molar-refractivity contribution < 1.29 is 0 Å². The third kappa shape index (κ3) is 2.82. The first-order valence-electron chi connectivity index (χ1n) is 4.96. The normalized spacial score (nSPS) is 10.2. The number of aromatic nitrogens is 3. The summed E-state index contributed by atoms with van der Waals surface area (Å²) in [4.78, 5) is 4.37. The Labute approximate surface area is 109 Å². The summed E-state index contributed by atoms with van der Waals surface area (Å²) in [5, 5.41) is 8.36. The number of nitrogens with one attached hydrogen (secondary N) is 1. The molecule has 0 saturated carbocycles. The second kappa shape index (κ2) is 5.26. The van der Waals surface area contributed by atoms with Crippen molar-refractivity contribution >= 4 is 23.4 Å². The second-order valence-corrected chi connectivity index (χ2v) is 4.80. The topological polar surface area (TPSA) is 41.6 Å². The van der Waals surface area contributed by atoms with E-state index in [0.29, 0.717) is 15.9 Å². The third-order valence-electron chi connectivity index (χ3n) is 2.19. The molecule has 0 spiro atoms. The van der Waals surface area contributed by atoms with Crippen LogP contribution in [0.25, 0.3) is 11.4 Å². The number of halogens is 1. The highest BCUT2D eigenvalue weighted by Crippen LogP contribution is 2.24. The molecular weight excluding hydrogens is 254 g/mol. The molecule has 2 aromatic rings. The molecule has 0 bridgehead atoms. The maximum absolute atomic E-state index is 5.91. The van der Waals surface area contributed by atoms with E-state index in [1.54, 1.807) is 0 Å². The standard InChI is InChI=1S/C12H10ClN3S/c1-3-6-17-12-14-11(15-16-12)10-5-4-9(13)7-8(10)2/h1,4-5,7H,6H2,2H3,(H,14,15,16). The lowest BCUT2D eigenvalue weighted by Crippen LogP contribution is -1.85. The average molecular weight is 264 g/mol. The van der Waals surface area contributed by atoms with Crippen molar-refractivity contribution in [3.63, 3.8) is 0 Å². The molecule has 1 N–H and O–H groups in total. The van der Waals surface area contributed by atoms with Crippen LogP contribution in [0.1, 0.15) is 5.56 Å². The molecule has 1 heterocycles. The molecule has 17 heavy (non-hydrogen) atoms. The Morgan fingerprint density at radius 2 is 2.35 bits per heavy atom. The minimum atomic E-state index is 0.566. The number of aromatic amines is 1. The highest BCUT2D eigenvalue weighted by molar-refractivity contribution is 7.99. The van der Waals surface area contributed by atoms with Crippen LogP contribution >= 0.6 is 23.4 Å². The predicted molar refractivity (Wildman–Crippen MR) is 71.1 cm³/mol. The maximum atomic E-state index is 5.91. The molecule has 0 saturated heterocycles. The quantitative estimate of drug-likeness (QED) is 0.683. The number of nitrogens with zero attached hydrogens (tertiary/aromatic N) is 2. The molecule has 0 fully saturated rings. The van der Waals surface area contributed by atoms with Gasteiger partial charge in [-0.3, -0.25) is 5.10 Å². The van der Waals surface area contributed by atoms with Crippen LogP contribution in [0.4, 0.5) is 0 Å². The van der Waals surface area contributed by atoms with Gasteiger partial charge in [0.05, 0.1) is 5.75 Å². The van der Waals surface area contributed by atoms with Gasteiger partial charge in [0.2, 0.25) is 5.16 Å².